The van der Waals surface area contributed by atoms with Gasteiger partial charge < -0.3 is 0 Å². The molecule has 0 unspecified atom stereocenters. The van der Waals surface area contributed by atoms with E-state index in [0.29, 0.717) is 4.90 Å². The van der Waals surface area contributed by atoms with Crippen LogP contribution in [0.3, 0.4) is 0 Å². The first-order valence-corrected chi connectivity index (χ1v) is 9.33. The maximum atomic E-state index is 13.0. The topological polar surface area (TPSA) is 46.2 Å². The second-order valence-electron chi connectivity index (χ2n) is 6.03. The van der Waals surface area contributed by atoms with Gasteiger partial charge in [0.05, 0.1) is 4.90 Å². The Morgan fingerprint density at radius 1 is 1.00 bits per heavy atom. The van der Waals surface area contributed by atoms with Gasteiger partial charge in [0.1, 0.15) is 5.82 Å². The molecule has 2 aromatic rings. The normalized spacial score (nSPS) is 15.9. The van der Waals surface area contributed by atoms with Crippen LogP contribution in [0.2, 0.25) is 0 Å². The van der Waals surface area contributed by atoms with Gasteiger partial charge in [-0.3, -0.25) is 0 Å². The number of hydrogen-bond donors (Lipinski definition) is 1. The Kier molecular flexibility index (Phi) is 4.50. The summed E-state index contributed by atoms with van der Waals surface area (Å²) in [6.45, 7) is 1.75. The number of rotatable bonds is 4. The molecule has 0 heterocycles. The highest BCUT2D eigenvalue weighted by atomic mass is 32.2. The zero-order valence-corrected chi connectivity index (χ0v) is 13.9. The molecule has 0 aliphatic heterocycles. The molecule has 1 atom stereocenters. The van der Waals surface area contributed by atoms with Gasteiger partial charge >= 0.3 is 0 Å². The van der Waals surface area contributed by atoms with Crippen molar-refractivity contribution in [3.05, 3.63) is 65.0 Å². The van der Waals surface area contributed by atoms with Crippen molar-refractivity contribution in [1.29, 1.82) is 0 Å². The zero-order chi connectivity index (χ0) is 16.4. The van der Waals surface area contributed by atoms with Gasteiger partial charge in [-0.1, -0.05) is 18.2 Å². The first-order chi connectivity index (χ1) is 11.0. The standard InChI is InChI=1S/C18H20FNO2S/c1-13(14-6-9-17(19)10-7-14)20-23(21,22)18-11-8-15-4-2-3-5-16(15)12-18/h6-13,20H,2-5H2,1H3/t13-/m1/s1. The molecule has 5 heteroatoms. The van der Waals surface area contributed by atoms with Crippen molar-refractivity contribution in [3.8, 4) is 0 Å². The van der Waals surface area contributed by atoms with Gasteiger partial charge in [-0.25, -0.2) is 17.5 Å². The fourth-order valence-electron chi connectivity index (χ4n) is 3.00. The number of aryl methyl sites for hydroxylation is 2. The third-order valence-corrected chi connectivity index (χ3v) is 5.87. The molecular formula is C18H20FNO2S. The van der Waals surface area contributed by atoms with Crippen LogP contribution in [0, 0.1) is 5.82 Å². The molecule has 1 N–H and O–H groups in total. The van der Waals surface area contributed by atoms with E-state index in [1.807, 2.05) is 6.07 Å². The van der Waals surface area contributed by atoms with Crippen LogP contribution in [0.25, 0.3) is 0 Å². The van der Waals surface area contributed by atoms with Crippen LogP contribution in [0.5, 0.6) is 0 Å². The Morgan fingerprint density at radius 3 is 2.35 bits per heavy atom. The van der Waals surface area contributed by atoms with Gasteiger partial charge in [0.25, 0.3) is 0 Å². The quantitative estimate of drug-likeness (QED) is 0.926. The molecule has 1 aliphatic carbocycles. The van der Waals surface area contributed by atoms with Gasteiger partial charge in [0, 0.05) is 6.04 Å². The molecule has 0 fully saturated rings. The SMILES string of the molecule is C[C@@H](NS(=O)(=O)c1ccc2c(c1)CCCC2)c1ccc(F)cc1. The van der Waals surface area contributed by atoms with Crippen LogP contribution in [-0.2, 0) is 22.9 Å². The van der Waals surface area contributed by atoms with E-state index in [-0.39, 0.29) is 5.82 Å². The van der Waals surface area contributed by atoms with Crippen molar-refractivity contribution < 1.29 is 12.8 Å². The molecular weight excluding hydrogens is 313 g/mol. The third-order valence-electron chi connectivity index (χ3n) is 4.33. The summed E-state index contributed by atoms with van der Waals surface area (Å²) in [5.74, 6) is -0.335. The molecule has 0 radical (unpaired) electrons. The molecule has 0 aromatic heterocycles. The predicted molar refractivity (Wildman–Crippen MR) is 88.2 cm³/mol. The lowest BCUT2D eigenvalue weighted by Gasteiger charge is -2.18. The molecule has 0 saturated carbocycles. The molecule has 0 amide bonds. The Bertz CT molecular complexity index is 800. The Morgan fingerprint density at radius 2 is 1.65 bits per heavy atom. The monoisotopic (exact) mass is 333 g/mol. The predicted octanol–water partition coefficient (Wildman–Crippen LogP) is 3.74. The van der Waals surface area contributed by atoms with Crippen molar-refractivity contribution in [2.24, 2.45) is 0 Å². The van der Waals surface area contributed by atoms with Crippen LogP contribution >= 0.6 is 0 Å². The lowest BCUT2D eigenvalue weighted by atomic mass is 9.92. The molecule has 122 valence electrons. The molecule has 2 aromatic carbocycles. The van der Waals surface area contributed by atoms with Crippen molar-refractivity contribution in [2.75, 3.05) is 0 Å². The summed E-state index contributed by atoms with van der Waals surface area (Å²) in [6.07, 6.45) is 4.23. The zero-order valence-electron chi connectivity index (χ0n) is 13.0. The summed E-state index contributed by atoms with van der Waals surface area (Å²) in [6, 6.07) is 10.8. The van der Waals surface area contributed by atoms with Crippen molar-refractivity contribution >= 4 is 10.0 Å². The number of fused-ring (bicyclic) bond motifs is 1. The largest absolute Gasteiger partial charge is 0.241 e. The number of halogens is 1. The first kappa shape index (κ1) is 16.1. The highest BCUT2D eigenvalue weighted by Crippen LogP contribution is 2.25. The minimum Gasteiger partial charge on any atom is -0.207 e. The van der Waals surface area contributed by atoms with Gasteiger partial charge in [-0.05, 0) is 73.6 Å². The third kappa shape index (κ3) is 3.62. The lowest BCUT2D eigenvalue weighted by molar-refractivity contribution is 0.566. The molecule has 1 aliphatic rings. The maximum absolute atomic E-state index is 13.0. The van der Waals surface area contributed by atoms with E-state index in [1.54, 1.807) is 31.2 Å². The lowest BCUT2D eigenvalue weighted by Crippen LogP contribution is -2.27. The summed E-state index contributed by atoms with van der Waals surface area (Å²) >= 11 is 0. The second-order valence-corrected chi connectivity index (χ2v) is 7.75. The smallest absolute Gasteiger partial charge is 0.207 e. The van der Waals surface area contributed by atoms with Crippen LogP contribution < -0.4 is 4.72 Å². The van der Waals surface area contributed by atoms with Crippen LogP contribution in [0.1, 0.15) is 42.5 Å². The van der Waals surface area contributed by atoms with E-state index in [4.69, 9.17) is 0 Å². The minimum atomic E-state index is -3.60. The molecule has 23 heavy (non-hydrogen) atoms. The number of nitrogens with one attached hydrogen (secondary N) is 1. The summed E-state index contributed by atoms with van der Waals surface area (Å²) in [5.41, 5.74) is 3.11. The van der Waals surface area contributed by atoms with Crippen molar-refractivity contribution in [1.82, 2.24) is 4.72 Å². The van der Waals surface area contributed by atoms with E-state index >= 15 is 0 Å². The fourth-order valence-corrected chi connectivity index (χ4v) is 4.28. The molecule has 0 bridgehead atoms. The summed E-state index contributed by atoms with van der Waals surface area (Å²) in [4.78, 5) is 0.298. The second kappa shape index (κ2) is 6.42. The summed E-state index contributed by atoms with van der Waals surface area (Å²) in [5, 5.41) is 0. The van der Waals surface area contributed by atoms with Crippen LogP contribution in [0.4, 0.5) is 4.39 Å². The summed E-state index contributed by atoms with van der Waals surface area (Å²) < 4.78 is 40.8. The number of sulfonamides is 1. The highest BCUT2D eigenvalue weighted by molar-refractivity contribution is 7.89. The van der Waals surface area contributed by atoms with E-state index < -0.39 is 16.1 Å². The molecule has 3 nitrogen and oxygen atoms in total. The van der Waals surface area contributed by atoms with Gasteiger partial charge in [-0.2, -0.15) is 0 Å². The fraction of sp³-hybridized carbons (Fsp3) is 0.333. The minimum absolute atomic E-state index is 0.298. The molecule has 0 spiro atoms. The number of hydrogen-bond acceptors (Lipinski definition) is 2. The van der Waals surface area contributed by atoms with Gasteiger partial charge in [0.15, 0.2) is 0 Å². The Balaban J connectivity index is 1.82. The number of benzene rings is 2. The van der Waals surface area contributed by atoms with E-state index in [9.17, 15) is 12.8 Å². The van der Waals surface area contributed by atoms with Gasteiger partial charge in [0.2, 0.25) is 10.0 Å². The van der Waals surface area contributed by atoms with Gasteiger partial charge in [-0.15, -0.1) is 0 Å². The maximum Gasteiger partial charge on any atom is 0.241 e. The van der Waals surface area contributed by atoms with E-state index in [1.165, 1.54) is 24.1 Å². The van der Waals surface area contributed by atoms with Crippen LogP contribution in [0.15, 0.2) is 47.4 Å². The highest BCUT2D eigenvalue weighted by Gasteiger charge is 2.20. The Labute approximate surface area is 136 Å². The van der Waals surface area contributed by atoms with E-state index in [2.05, 4.69) is 4.72 Å². The molecule has 0 saturated heterocycles. The van der Waals surface area contributed by atoms with E-state index in [0.717, 1.165) is 30.4 Å². The first-order valence-electron chi connectivity index (χ1n) is 7.85. The Hall–Kier alpha value is -1.72. The van der Waals surface area contributed by atoms with Crippen molar-refractivity contribution in [3.63, 3.8) is 0 Å². The van der Waals surface area contributed by atoms with Crippen molar-refractivity contribution in [2.45, 2.75) is 43.5 Å². The average Bonchev–Trinajstić information content (AvgIpc) is 2.54. The molecule has 3 rings (SSSR count). The van der Waals surface area contributed by atoms with Crippen LogP contribution in [-0.4, -0.2) is 8.42 Å². The summed E-state index contributed by atoms with van der Waals surface area (Å²) in [7, 11) is -3.60. The average molecular weight is 333 g/mol.